The summed E-state index contributed by atoms with van der Waals surface area (Å²) in [6.45, 7) is 3.35. The maximum Gasteiger partial charge on any atom is 0.530 e. The Labute approximate surface area is 136 Å². The molecule has 0 saturated carbocycles. The van der Waals surface area contributed by atoms with E-state index in [9.17, 15) is 26.5 Å². The molecule has 0 amide bonds. The average molecular weight is 376 g/mol. The normalized spacial score (nSPS) is 11.8. The zero-order chi connectivity index (χ0) is 18.3. The first kappa shape index (κ1) is 20.9. The molecule has 1 aromatic carbocycles. The van der Waals surface area contributed by atoms with Crippen LogP contribution in [0.3, 0.4) is 0 Å². The van der Waals surface area contributed by atoms with Crippen molar-refractivity contribution in [2.75, 3.05) is 13.2 Å². The molecule has 0 fully saturated rings. The molecule has 0 bridgehead atoms. The van der Waals surface area contributed by atoms with Gasteiger partial charge in [0.25, 0.3) is 0 Å². The van der Waals surface area contributed by atoms with E-state index < -0.39 is 42.7 Å². The minimum atomic E-state index is -4.55. The fourth-order valence-corrected chi connectivity index (χ4v) is 2.78. The minimum absolute atomic E-state index is 0.130. The monoisotopic (exact) mass is 376 g/mol. The lowest BCUT2D eigenvalue weighted by atomic mass is 10.3. The molecule has 0 unspecified atom stereocenters. The summed E-state index contributed by atoms with van der Waals surface area (Å²) in [5.74, 6) is -12.9. The number of rotatable bonds is 10. The topological polar surface area (TPSA) is 44.8 Å². The highest BCUT2D eigenvalue weighted by molar-refractivity contribution is 7.48. The zero-order valence-corrected chi connectivity index (χ0v) is 14.1. The maximum absolute atomic E-state index is 13.6. The lowest BCUT2D eigenvalue weighted by molar-refractivity contribution is 0.147. The second-order valence-corrected chi connectivity index (χ2v) is 6.40. The quantitative estimate of drug-likeness (QED) is 0.178. The highest BCUT2D eigenvalue weighted by Crippen LogP contribution is 2.51. The van der Waals surface area contributed by atoms with E-state index in [1.807, 2.05) is 0 Å². The Balaban J connectivity index is 3.11. The number of unbranched alkanes of at least 4 members (excludes halogenated alkanes) is 2. The van der Waals surface area contributed by atoms with Crippen molar-refractivity contribution >= 4 is 7.82 Å². The van der Waals surface area contributed by atoms with Crippen LogP contribution in [-0.4, -0.2) is 13.2 Å². The molecule has 0 atom stereocenters. The Morgan fingerprint density at radius 2 is 1.12 bits per heavy atom. The lowest BCUT2D eigenvalue weighted by Gasteiger charge is -2.19. The van der Waals surface area contributed by atoms with Crippen LogP contribution in [0, 0.1) is 29.1 Å². The Morgan fingerprint density at radius 3 is 1.50 bits per heavy atom. The van der Waals surface area contributed by atoms with Crippen LogP contribution >= 0.6 is 7.82 Å². The molecular formula is C14H18F5O4P. The first-order chi connectivity index (χ1) is 11.3. The van der Waals surface area contributed by atoms with Gasteiger partial charge in [0.15, 0.2) is 0 Å². The molecule has 0 aliphatic carbocycles. The fraction of sp³-hybridized carbons (Fsp3) is 0.571. The van der Waals surface area contributed by atoms with Gasteiger partial charge in [-0.05, 0) is 12.8 Å². The van der Waals surface area contributed by atoms with E-state index in [0.29, 0.717) is 25.7 Å². The molecule has 0 aromatic heterocycles. The van der Waals surface area contributed by atoms with Gasteiger partial charge < -0.3 is 4.52 Å². The molecule has 0 spiro atoms. The van der Waals surface area contributed by atoms with Crippen LogP contribution < -0.4 is 4.52 Å². The summed E-state index contributed by atoms with van der Waals surface area (Å²) in [5, 5.41) is 0. The first-order valence-electron chi connectivity index (χ1n) is 7.37. The smallest absolute Gasteiger partial charge is 0.397 e. The standard InChI is InChI=1S/C14H18F5O4P/c1-3-5-7-21-24(20,22-8-6-4-2)23-14-12(18)10(16)9(15)11(17)13(14)19/h3-8H2,1-2H3. The van der Waals surface area contributed by atoms with Gasteiger partial charge in [-0.15, -0.1) is 0 Å². The summed E-state index contributed by atoms with van der Waals surface area (Å²) in [7, 11) is -4.55. The summed E-state index contributed by atoms with van der Waals surface area (Å²) in [6.07, 6.45) is 2.16. The van der Waals surface area contributed by atoms with Crippen molar-refractivity contribution in [2.24, 2.45) is 0 Å². The van der Waals surface area contributed by atoms with Gasteiger partial charge in [0.05, 0.1) is 13.2 Å². The van der Waals surface area contributed by atoms with Crippen molar-refractivity contribution in [1.29, 1.82) is 0 Å². The van der Waals surface area contributed by atoms with Crippen LogP contribution in [0.5, 0.6) is 5.75 Å². The fourth-order valence-electron chi connectivity index (χ4n) is 1.51. The summed E-state index contributed by atoms with van der Waals surface area (Å²) in [6, 6.07) is 0. The molecule has 0 saturated heterocycles. The van der Waals surface area contributed by atoms with E-state index in [4.69, 9.17) is 9.05 Å². The Morgan fingerprint density at radius 1 is 0.750 bits per heavy atom. The van der Waals surface area contributed by atoms with Crippen molar-refractivity contribution in [3.63, 3.8) is 0 Å². The highest BCUT2D eigenvalue weighted by atomic mass is 31.2. The molecule has 0 heterocycles. The Bertz CT molecular complexity index is 568. The van der Waals surface area contributed by atoms with E-state index in [2.05, 4.69) is 4.52 Å². The minimum Gasteiger partial charge on any atom is -0.397 e. The molecule has 1 aromatic rings. The van der Waals surface area contributed by atoms with Crippen molar-refractivity contribution in [3.8, 4) is 5.75 Å². The zero-order valence-electron chi connectivity index (χ0n) is 13.2. The second-order valence-electron chi connectivity index (χ2n) is 4.81. The van der Waals surface area contributed by atoms with Crippen molar-refractivity contribution < 1.29 is 40.1 Å². The SMILES string of the molecule is CCCCOP(=O)(OCCCC)Oc1c(F)c(F)c(F)c(F)c1F. The highest BCUT2D eigenvalue weighted by Gasteiger charge is 2.35. The average Bonchev–Trinajstić information content (AvgIpc) is 2.56. The summed E-state index contributed by atoms with van der Waals surface area (Å²) >= 11 is 0. The first-order valence-corrected chi connectivity index (χ1v) is 8.83. The van der Waals surface area contributed by atoms with Crippen LogP contribution in [0.2, 0.25) is 0 Å². The molecule has 0 aliphatic rings. The molecule has 4 nitrogen and oxygen atoms in total. The molecule has 10 heteroatoms. The largest absolute Gasteiger partial charge is 0.530 e. The third-order valence-corrected chi connectivity index (χ3v) is 4.27. The molecular weight excluding hydrogens is 358 g/mol. The van der Waals surface area contributed by atoms with Crippen LogP contribution in [-0.2, 0) is 13.6 Å². The van der Waals surface area contributed by atoms with Crippen LogP contribution in [0.25, 0.3) is 0 Å². The molecule has 0 radical (unpaired) electrons. The van der Waals surface area contributed by atoms with Gasteiger partial charge in [-0.2, -0.15) is 8.78 Å². The van der Waals surface area contributed by atoms with E-state index >= 15 is 0 Å². The number of phosphoric acid groups is 1. The number of hydrogen-bond donors (Lipinski definition) is 0. The van der Waals surface area contributed by atoms with E-state index in [1.54, 1.807) is 13.8 Å². The van der Waals surface area contributed by atoms with Gasteiger partial charge in [-0.3, -0.25) is 9.05 Å². The lowest BCUT2D eigenvalue weighted by Crippen LogP contribution is -2.10. The van der Waals surface area contributed by atoms with Gasteiger partial charge >= 0.3 is 7.82 Å². The molecule has 1 rings (SSSR count). The Kier molecular flexibility index (Phi) is 8.12. The van der Waals surface area contributed by atoms with E-state index in [0.717, 1.165) is 0 Å². The third-order valence-electron chi connectivity index (χ3n) is 2.87. The van der Waals surface area contributed by atoms with Crippen LogP contribution in [0.1, 0.15) is 39.5 Å². The molecule has 24 heavy (non-hydrogen) atoms. The predicted octanol–water partition coefficient (Wildman–Crippen LogP) is 5.50. The third kappa shape index (κ3) is 5.16. The van der Waals surface area contributed by atoms with Gasteiger partial charge in [-0.25, -0.2) is 17.7 Å². The van der Waals surface area contributed by atoms with Crippen LogP contribution in [0.15, 0.2) is 0 Å². The van der Waals surface area contributed by atoms with E-state index in [1.165, 1.54) is 0 Å². The molecule has 0 N–H and O–H groups in total. The van der Waals surface area contributed by atoms with Crippen molar-refractivity contribution in [2.45, 2.75) is 39.5 Å². The summed E-state index contributed by atoms with van der Waals surface area (Å²) < 4.78 is 93.3. The second kappa shape index (κ2) is 9.34. The summed E-state index contributed by atoms with van der Waals surface area (Å²) in [4.78, 5) is 0. The maximum atomic E-state index is 13.6. The number of phosphoric ester groups is 1. The van der Waals surface area contributed by atoms with Gasteiger partial charge in [0, 0.05) is 0 Å². The van der Waals surface area contributed by atoms with E-state index in [-0.39, 0.29) is 13.2 Å². The van der Waals surface area contributed by atoms with Gasteiger partial charge in [-0.1, -0.05) is 26.7 Å². The van der Waals surface area contributed by atoms with Gasteiger partial charge in [0.2, 0.25) is 34.8 Å². The Hall–Kier alpha value is -1.18. The molecule has 0 aliphatic heterocycles. The number of benzene rings is 1. The van der Waals surface area contributed by atoms with Crippen molar-refractivity contribution in [3.05, 3.63) is 29.1 Å². The number of halogens is 5. The number of hydrogen-bond acceptors (Lipinski definition) is 4. The van der Waals surface area contributed by atoms with Crippen molar-refractivity contribution in [1.82, 2.24) is 0 Å². The summed E-state index contributed by atoms with van der Waals surface area (Å²) in [5.41, 5.74) is 0. The van der Waals surface area contributed by atoms with Crippen LogP contribution in [0.4, 0.5) is 22.0 Å². The predicted molar refractivity (Wildman–Crippen MR) is 76.2 cm³/mol. The van der Waals surface area contributed by atoms with Gasteiger partial charge in [0.1, 0.15) is 0 Å². The molecule has 138 valence electrons.